The Kier molecular flexibility index (Phi) is 5.61. The third-order valence-corrected chi connectivity index (χ3v) is 7.47. The smallest absolute Gasteiger partial charge is 0.300 e. The summed E-state index contributed by atoms with van der Waals surface area (Å²) in [5, 5.41) is 16.5. The quantitative estimate of drug-likeness (QED) is 0.324. The van der Waals surface area contributed by atoms with Gasteiger partial charge in [0, 0.05) is 11.3 Å². The fraction of sp³-hybridized carbons (Fsp3) is 0.231. The van der Waals surface area contributed by atoms with Gasteiger partial charge in [-0.25, -0.2) is 13.6 Å². The molecule has 3 aromatic rings. The van der Waals surface area contributed by atoms with Crippen LogP contribution in [0.15, 0.2) is 69.5 Å². The van der Waals surface area contributed by atoms with E-state index in [0.717, 1.165) is 31.2 Å². The Morgan fingerprint density at radius 3 is 2.31 bits per heavy atom. The molecule has 1 aliphatic carbocycles. The molecule has 1 unspecified atom stereocenters. The number of rotatable bonds is 4. The number of aliphatic hydroxyl groups is 1. The third kappa shape index (κ3) is 4.06. The summed E-state index contributed by atoms with van der Waals surface area (Å²) in [5.74, 6) is -1.11. The number of ketones is 1. The van der Waals surface area contributed by atoms with Crippen LogP contribution in [0.5, 0.6) is 0 Å². The first-order valence-electron chi connectivity index (χ1n) is 11.3. The van der Waals surface area contributed by atoms with E-state index in [0.29, 0.717) is 17.1 Å². The first-order valence-corrected chi connectivity index (χ1v) is 12.8. The minimum atomic E-state index is -3.94. The number of Topliss-reactive ketones (excluding diaryl/α,β-unsaturated/α-hetero) is 1. The minimum Gasteiger partial charge on any atom is -0.507 e. The SMILES string of the molecule is Cc1ccc(C2/C(=C(/O)c3ccc4c(c3)CCCC4)C(=O)C(=O)N2c2ccc(S(N)(=O)=O)cc2)o1. The number of hydrogen-bond donors (Lipinski definition) is 2. The Hall–Kier alpha value is -3.69. The number of carbonyl (C=O) groups is 2. The van der Waals surface area contributed by atoms with E-state index in [2.05, 4.69) is 0 Å². The summed E-state index contributed by atoms with van der Waals surface area (Å²) in [4.78, 5) is 27.5. The number of fused-ring (bicyclic) bond motifs is 1. The Labute approximate surface area is 202 Å². The maximum absolute atomic E-state index is 13.2. The lowest BCUT2D eigenvalue weighted by atomic mass is 9.89. The number of sulfonamides is 1. The second kappa shape index (κ2) is 8.51. The first-order chi connectivity index (χ1) is 16.6. The normalized spacial score (nSPS) is 19.7. The zero-order valence-corrected chi connectivity index (χ0v) is 19.8. The number of hydrogen-bond acceptors (Lipinski definition) is 6. The molecule has 1 amide bonds. The van der Waals surface area contributed by atoms with Crippen LogP contribution in [0.1, 0.15) is 47.1 Å². The van der Waals surface area contributed by atoms with E-state index in [4.69, 9.17) is 9.56 Å². The van der Waals surface area contributed by atoms with Gasteiger partial charge in [-0.2, -0.15) is 0 Å². The lowest BCUT2D eigenvalue weighted by Crippen LogP contribution is -2.29. The molecular formula is C26H24N2O6S. The van der Waals surface area contributed by atoms with Crippen molar-refractivity contribution in [2.75, 3.05) is 4.90 Å². The molecule has 1 aromatic heterocycles. The predicted molar refractivity (Wildman–Crippen MR) is 129 cm³/mol. The lowest BCUT2D eigenvalue weighted by molar-refractivity contribution is -0.132. The monoisotopic (exact) mass is 492 g/mol. The summed E-state index contributed by atoms with van der Waals surface area (Å²) >= 11 is 0. The Bertz CT molecular complexity index is 1480. The van der Waals surface area contributed by atoms with E-state index >= 15 is 0 Å². The molecule has 0 bridgehead atoms. The molecule has 5 rings (SSSR count). The van der Waals surface area contributed by atoms with Crippen LogP contribution in [0.4, 0.5) is 5.69 Å². The van der Waals surface area contributed by atoms with Gasteiger partial charge in [0.05, 0.1) is 10.5 Å². The molecule has 2 aromatic carbocycles. The molecule has 9 heteroatoms. The highest BCUT2D eigenvalue weighted by atomic mass is 32.2. The molecule has 35 heavy (non-hydrogen) atoms. The van der Waals surface area contributed by atoms with Crippen molar-refractivity contribution in [3.05, 3.63) is 88.4 Å². The molecule has 2 heterocycles. The number of nitrogens with two attached hydrogens (primary N) is 1. The van der Waals surface area contributed by atoms with Gasteiger partial charge in [0.25, 0.3) is 11.7 Å². The maximum Gasteiger partial charge on any atom is 0.300 e. The Balaban J connectivity index is 1.66. The van der Waals surface area contributed by atoms with Crippen molar-refractivity contribution in [1.29, 1.82) is 0 Å². The predicted octanol–water partition coefficient (Wildman–Crippen LogP) is 3.74. The van der Waals surface area contributed by atoms with E-state index in [1.165, 1.54) is 34.7 Å². The van der Waals surface area contributed by atoms with Gasteiger partial charge in [0.1, 0.15) is 23.3 Å². The zero-order valence-electron chi connectivity index (χ0n) is 19.0. The van der Waals surface area contributed by atoms with E-state index in [1.54, 1.807) is 25.1 Å². The van der Waals surface area contributed by atoms with E-state index < -0.39 is 27.8 Å². The van der Waals surface area contributed by atoms with Crippen LogP contribution in [0.2, 0.25) is 0 Å². The van der Waals surface area contributed by atoms with Gasteiger partial charge >= 0.3 is 0 Å². The van der Waals surface area contributed by atoms with Gasteiger partial charge in [-0.15, -0.1) is 0 Å². The van der Waals surface area contributed by atoms with Crippen molar-refractivity contribution in [1.82, 2.24) is 0 Å². The van der Waals surface area contributed by atoms with Crippen LogP contribution in [-0.2, 0) is 32.5 Å². The molecule has 180 valence electrons. The van der Waals surface area contributed by atoms with Gasteiger partial charge < -0.3 is 9.52 Å². The second-order valence-electron chi connectivity index (χ2n) is 8.85. The zero-order chi connectivity index (χ0) is 24.9. The lowest BCUT2D eigenvalue weighted by Gasteiger charge is -2.23. The van der Waals surface area contributed by atoms with Crippen molar-refractivity contribution in [2.45, 2.75) is 43.5 Å². The molecule has 0 saturated carbocycles. The molecule has 2 aliphatic rings. The third-order valence-electron chi connectivity index (χ3n) is 6.54. The summed E-state index contributed by atoms with van der Waals surface area (Å²) in [5.41, 5.74) is 2.99. The number of aliphatic hydroxyl groups excluding tert-OH is 1. The van der Waals surface area contributed by atoms with Crippen molar-refractivity contribution in [2.24, 2.45) is 5.14 Å². The Morgan fingerprint density at radius 1 is 1.00 bits per heavy atom. The number of anilines is 1. The number of amides is 1. The molecule has 0 spiro atoms. The maximum atomic E-state index is 13.2. The molecule has 3 N–H and O–H groups in total. The number of nitrogens with zero attached hydrogens (tertiary/aromatic N) is 1. The van der Waals surface area contributed by atoms with E-state index in [9.17, 15) is 23.1 Å². The van der Waals surface area contributed by atoms with Crippen molar-refractivity contribution >= 4 is 33.2 Å². The average Bonchev–Trinajstić information content (AvgIpc) is 3.38. The number of aryl methyl sites for hydroxylation is 3. The molecule has 1 atom stereocenters. The highest BCUT2D eigenvalue weighted by Gasteiger charge is 2.48. The van der Waals surface area contributed by atoms with Crippen LogP contribution in [-0.4, -0.2) is 25.2 Å². The van der Waals surface area contributed by atoms with Crippen molar-refractivity contribution in [3.63, 3.8) is 0 Å². The molecule has 0 radical (unpaired) electrons. The van der Waals surface area contributed by atoms with Gasteiger partial charge in [-0.3, -0.25) is 14.5 Å². The van der Waals surface area contributed by atoms with Crippen molar-refractivity contribution < 1.29 is 27.5 Å². The van der Waals surface area contributed by atoms with Crippen LogP contribution >= 0.6 is 0 Å². The second-order valence-corrected chi connectivity index (χ2v) is 10.4. The summed E-state index contributed by atoms with van der Waals surface area (Å²) in [6.07, 6.45) is 4.04. The molecule has 8 nitrogen and oxygen atoms in total. The van der Waals surface area contributed by atoms with Crippen molar-refractivity contribution in [3.8, 4) is 0 Å². The molecular weight excluding hydrogens is 468 g/mol. The average molecular weight is 493 g/mol. The highest BCUT2D eigenvalue weighted by Crippen LogP contribution is 2.43. The van der Waals surface area contributed by atoms with E-state index in [-0.39, 0.29) is 21.9 Å². The number of furan rings is 1. The number of primary sulfonamides is 1. The Morgan fingerprint density at radius 2 is 1.69 bits per heavy atom. The fourth-order valence-corrected chi connectivity index (χ4v) is 5.32. The summed E-state index contributed by atoms with van der Waals surface area (Å²) in [6, 6.07) is 13.2. The fourth-order valence-electron chi connectivity index (χ4n) is 4.80. The molecule has 1 aliphatic heterocycles. The van der Waals surface area contributed by atoms with E-state index in [1.807, 2.05) is 12.1 Å². The van der Waals surface area contributed by atoms with Crippen LogP contribution in [0, 0.1) is 6.92 Å². The largest absolute Gasteiger partial charge is 0.507 e. The van der Waals surface area contributed by atoms with Gasteiger partial charge in [-0.1, -0.05) is 12.1 Å². The van der Waals surface area contributed by atoms with Crippen LogP contribution < -0.4 is 10.0 Å². The molecule has 1 saturated heterocycles. The van der Waals surface area contributed by atoms with Gasteiger partial charge in [-0.05, 0) is 86.2 Å². The first kappa shape index (κ1) is 23.1. The minimum absolute atomic E-state index is 0.0874. The van der Waals surface area contributed by atoms with Crippen LogP contribution in [0.3, 0.4) is 0 Å². The topological polar surface area (TPSA) is 131 Å². The summed E-state index contributed by atoms with van der Waals surface area (Å²) in [6.45, 7) is 1.74. The summed E-state index contributed by atoms with van der Waals surface area (Å²) in [7, 11) is -3.94. The summed E-state index contributed by atoms with van der Waals surface area (Å²) < 4.78 is 29.1. The van der Waals surface area contributed by atoms with Crippen LogP contribution in [0.25, 0.3) is 5.76 Å². The highest BCUT2D eigenvalue weighted by molar-refractivity contribution is 7.89. The standard InChI is InChI=1S/C26H24N2O6S/c1-15-6-13-21(34-15)23-22(24(29)18-8-7-16-4-2-3-5-17(16)14-18)25(30)26(31)28(23)19-9-11-20(12-10-19)35(27,32)33/h6-14,23,29H,2-5H2,1H3,(H2,27,32,33)/b24-22-. The van der Waals surface area contributed by atoms with Gasteiger partial charge in [0.15, 0.2) is 0 Å². The molecule has 1 fully saturated rings. The number of carbonyl (C=O) groups excluding carboxylic acids is 2. The number of benzene rings is 2. The van der Waals surface area contributed by atoms with Gasteiger partial charge in [0.2, 0.25) is 10.0 Å².